The van der Waals surface area contributed by atoms with Crippen LogP contribution in [0.15, 0.2) is 24.3 Å². The van der Waals surface area contributed by atoms with Gasteiger partial charge in [0.1, 0.15) is 0 Å². The summed E-state index contributed by atoms with van der Waals surface area (Å²) < 4.78 is 0. The predicted octanol–water partition coefficient (Wildman–Crippen LogP) is 2.20. The predicted molar refractivity (Wildman–Crippen MR) is 65.9 cm³/mol. The highest BCUT2D eigenvalue weighted by atomic mass is 35.5. The Bertz CT molecular complexity index is 396. The van der Waals surface area contributed by atoms with E-state index in [-0.39, 0.29) is 0 Å². The number of hydrogen-bond donors (Lipinski definition) is 1. The third-order valence-electron chi connectivity index (χ3n) is 3.33. The van der Waals surface area contributed by atoms with Crippen molar-refractivity contribution in [3.63, 3.8) is 0 Å². The molecule has 1 saturated carbocycles. The normalized spacial score (nSPS) is 18.6. The fraction of sp³-hybridized carbons (Fsp3) is 0.462. The van der Waals surface area contributed by atoms with E-state index in [1.807, 2.05) is 0 Å². The van der Waals surface area contributed by atoms with Gasteiger partial charge in [-0.2, -0.15) is 0 Å². The minimum atomic E-state index is -1.01. The van der Waals surface area contributed by atoms with E-state index in [0.717, 1.165) is 24.9 Å². The number of halogens is 1. The van der Waals surface area contributed by atoms with Gasteiger partial charge in [-0.15, -0.1) is 0 Å². The number of rotatable bonds is 3. The molecule has 0 radical (unpaired) electrons. The molecule has 1 fully saturated rings. The van der Waals surface area contributed by atoms with Gasteiger partial charge < -0.3 is 15.2 Å². The summed E-state index contributed by atoms with van der Waals surface area (Å²) in [4.78, 5) is 11.3. The molecule has 0 amide bonds. The van der Waals surface area contributed by atoms with E-state index >= 15 is 0 Å². The molecule has 2 rings (SSSR count). The standard InChI is InChI=1S/C13H16ClNO2/c14-10-4-6-11(7-5-10)15-13(12(16)17)8-2-1-3-9-13/h4-7,15H,1-3,8-9H2,(H,16,17)/p-1. The van der Waals surface area contributed by atoms with E-state index in [2.05, 4.69) is 5.32 Å². The van der Waals surface area contributed by atoms with Crippen LogP contribution in [0.1, 0.15) is 32.1 Å². The minimum absolute atomic E-state index is 0.623. The molecule has 0 bridgehead atoms. The zero-order chi connectivity index (χ0) is 12.3. The van der Waals surface area contributed by atoms with Gasteiger partial charge in [-0.3, -0.25) is 0 Å². The quantitative estimate of drug-likeness (QED) is 0.897. The van der Waals surface area contributed by atoms with Crippen molar-refractivity contribution in [3.05, 3.63) is 29.3 Å². The topological polar surface area (TPSA) is 52.2 Å². The highest BCUT2D eigenvalue weighted by Gasteiger charge is 2.33. The Balaban J connectivity index is 2.17. The van der Waals surface area contributed by atoms with Crippen LogP contribution >= 0.6 is 11.6 Å². The van der Waals surface area contributed by atoms with Gasteiger partial charge in [0.25, 0.3) is 0 Å². The molecule has 17 heavy (non-hydrogen) atoms. The molecule has 1 aliphatic carbocycles. The maximum Gasteiger partial charge on any atom is 0.0769 e. The Morgan fingerprint density at radius 1 is 1.18 bits per heavy atom. The first-order valence-corrected chi connectivity index (χ1v) is 6.25. The number of anilines is 1. The van der Waals surface area contributed by atoms with Gasteiger partial charge in [-0.05, 0) is 37.1 Å². The van der Waals surface area contributed by atoms with Crippen molar-refractivity contribution >= 4 is 23.3 Å². The van der Waals surface area contributed by atoms with E-state index in [9.17, 15) is 9.90 Å². The Kier molecular flexibility index (Phi) is 3.57. The van der Waals surface area contributed by atoms with Crippen LogP contribution in [-0.4, -0.2) is 11.5 Å². The maximum absolute atomic E-state index is 11.3. The lowest BCUT2D eigenvalue weighted by atomic mass is 9.81. The van der Waals surface area contributed by atoms with Crippen molar-refractivity contribution < 1.29 is 9.90 Å². The molecule has 0 saturated heterocycles. The summed E-state index contributed by atoms with van der Waals surface area (Å²) in [6, 6.07) is 7.08. The highest BCUT2D eigenvalue weighted by molar-refractivity contribution is 6.30. The lowest BCUT2D eigenvalue weighted by Gasteiger charge is -2.39. The molecule has 0 aliphatic heterocycles. The summed E-state index contributed by atoms with van der Waals surface area (Å²) in [6.45, 7) is 0. The number of nitrogens with one attached hydrogen (secondary N) is 1. The summed E-state index contributed by atoms with van der Waals surface area (Å²) >= 11 is 5.80. The average Bonchev–Trinajstić information content (AvgIpc) is 2.33. The molecule has 3 nitrogen and oxygen atoms in total. The lowest BCUT2D eigenvalue weighted by molar-refractivity contribution is -0.313. The van der Waals surface area contributed by atoms with Crippen molar-refractivity contribution in [2.45, 2.75) is 37.6 Å². The summed E-state index contributed by atoms with van der Waals surface area (Å²) in [5, 5.41) is 15.1. The minimum Gasteiger partial charge on any atom is -0.548 e. The van der Waals surface area contributed by atoms with E-state index in [1.165, 1.54) is 0 Å². The number of carboxylic acids is 1. The number of carbonyl (C=O) groups is 1. The Labute approximate surface area is 106 Å². The summed E-state index contributed by atoms with van der Waals surface area (Å²) in [6.07, 6.45) is 4.19. The van der Waals surface area contributed by atoms with E-state index < -0.39 is 11.5 Å². The van der Waals surface area contributed by atoms with Crippen molar-refractivity contribution in [2.24, 2.45) is 0 Å². The number of carbonyl (C=O) groups excluding carboxylic acids is 1. The molecule has 0 atom stereocenters. The van der Waals surface area contributed by atoms with Gasteiger partial charge in [-0.1, -0.05) is 30.9 Å². The fourth-order valence-electron chi connectivity index (χ4n) is 2.35. The van der Waals surface area contributed by atoms with Gasteiger partial charge in [0.05, 0.1) is 11.5 Å². The summed E-state index contributed by atoms with van der Waals surface area (Å²) in [5.41, 5.74) is -0.132. The van der Waals surface area contributed by atoms with E-state index in [1.54, 1.807) is 24.3 Å². The second-order valence-electron chi connectivity index (χ2n) is 4.56. The first-order valence-electron chi connectivity index (χ1n) is 5.88. The molecule has 1 aliphatic rings. The van der Waals surface area contributed by atoms with Crippen LogP contribution in [0.5, 0.6) is 0 Å². The third-order valence-corrected chi connectivity index (χ3v) is 3.58. The van der Waals surface area contributed by atoms with Crippen LogP contribution < -0.4 is 10.4 Å². The molecule has 4 heteroatoms. The Hall–Kier alpha value is -1.22. The van der Waals surface area contributed by atoms with Crippen LogP contribution in [0.2, 0.25) is 5.02 Å². The number of carboxylic acid groups (broad SMARTS) is 1. The van der Waals surface area contributed by atoms with Crippen molar-refractivity contribution in [1.29, 1.82) is 0 Å². The molecule has 92 valence electrons. The molecule has 1 N–H and O–H groups in total. The summed E-state index contributed by atoms with van der Waals surface area (Å²) in [7, 11) is 0. The molecule has 0 aromatic heterocycles. The van der Waals surface area contributed by atoms with E-state index in [0.29, 0.717) is 17.9 Å². The third kappa shape index (κ3) is 2.72. The van der Waals surface area contributed by atoms with Crippen LogP contribution in [0, 0.1) is 0 Å². The monoisotopic (exact) mass is 252 g/mol. The fourth-order valence-corrected chi connectivity index (χ4v) is 2.47. The van der Waals surface area contributed by atoms with Gasteiger partial charge in [-0.25, -0.2) is 0 Å². The van der Waals surface area contributed by atoms with E-state index in [4.69, 9.17) is 11.6 Å². The molecule has 0 heterocycles. The summed E-state index contributed by atoms with van der Waals surface area (Å²) in [5.74, 6) is -1.01. The molecule has 0 spiro atoms. The Morgan fingerprint density at radius 3 is 2.29 bits per heavy atom. The van der Waals surface area contributed by atoms with Gasteiger partial charge in [0.2, 0.25) is 0 Å². The van der Waals surface area contributed by atoms with Gasteiger partial charge in [0, 0.05) is 10.7 Å². The molecule has 0 unspecified atom stereocenters. The molecule has 1 aromatic carbocycles. The van der Waals surface area contributed by atoms with Crippen LogP contribution in [0.3, 0.4) is 0 Å². The van der Waals surface area contributed by atoms with Gasteiger partial charge >= 0.3 is 0 Å². The molecular formula is C13H15ClNO2-. The molecule has 1 aromatic rings. The highest BCUT2D eigenvalue weighted by Crippen LogP contribution is 2.31. The van der Waals surface area contributed by atoms with Crippen LogP contribution in [-0.2, 0) is 4.79 Å². The second kappa shape index (κ2) is 4.96. The maximum atomic E-state index is 11.3. The average molecular weight is 253 g/mol. The van der Waals surface area contributed by atoms with Crippen LogP contribution in [0.25, 0.3) is 0 Å². The first-order chi connectivity index (χ1) is 8.12. The largest absolute Gasteiger partial charge is 0.548 e. The number of hydrogen-bond acceptors (Lipinski definition) is 3. The Morgan fingerprint density at radius 2 is 1.76 bits per heavy atom. The van der Waals surface area contributed by atoms with Crippen molar-refractivity contribution in [3.8, 4) is 0 Å². The van der Waals surface area contributed by atoms with Crippen LogP contribution in [0.4, 0.5) is 5.69 Å². The zero-order valence-corrected chi connectivity index (χ0v) is 10.3. The molecular weight excluding hydrogens is 238 g/mol. The van der Waals surface area contributed by atoms with Crippen molar-refractivity contribution in [2.75, 3.05) is 5.32 Å². The van der Waals surface area contributed by atoms with Crippen molar-refractivity contribution in [1.82, 2.24) is 0 Å². The SMILES string of the molecule is O=C([O-])C1(Nc2ccc(Cl)cc2)CCCCC1. The second-order valence-corrected chi connectivity index (χ2v) is 5.00. The van der Waals surface area contributed by atoms with Gasteiger partial charge in [0.15, 0.2) is 0 Å². The first kappa shape index (κ1) is 12.2. The number of aliphatic carboxylic acids is 1. The zero-order valence-electron chi connectivity index (χ0n) is 9.54. The smallest absolute Gasteiger partial charge is 0.0769 e. The number of benzene rings is 1. The lowest BCUT2D eigenvalue weighted by Crippen LogP contribution is -2.55.